The number of carbonyl (C=O) groups is 2. The molecule has 8 rings (SSSR count). The van der Waals surface area contributed by atoms with Gasteiger partial charge in [0.2, 0.25) is 5.91 Å². The molecule has 0 saturated carbocycles. The van der Waals surface area contributed by atoms with Crippen LogP contribution in [0.25, 0.3) is 21.5 Å². The lowest BCUT2D eigenvalue weighted by atomic mass is 9.94. The summed E-state index contributed by atoms with van der Waals surface area (Å²) in [5, 5.41) is 6.71. The Labute approximate surface area is 347 Å². The van der Waals surface area contributed by atoms with Crippen molar-refractivity contribution in [2.24, 2.45) is 11.7 Å². The third-order valence-electron chi connectivity index (χ3n) is 11.9. The number of thiazole rings is 1. The number of pyridine rings is 1. The molecule has 0 radical (unpaired) electrons. The number of nitrogens with one attached hydrogen (secondary N) is 1. The van der Waals surface area contributed by atoms with E-state index in [1.54, 1.807) is 6.07 Å². The molecule has 5 atom stereocenters. The molecule has 2 unspecified atom stereocenters. The summed E-state index contributed by atoms with van der Waals surface area (Å²) in [6, 6.07) is 7.00. The number of nitrogens with two attached hydrogens (primary N) is 1. The molecule has 2 aliphatic heterocycles. The minimum absolute atomic E-state index is 0.00446. The zero-order valence-corrected chi connectivity index (χ0v) is 34.0. The molecule has 20 heteroatoms. The molecule has 11 nitrogen and oxygen atoms in total. The van der Waals surface area contributed by atoms with E-state index in [0.29, 0.717) is 52.9 Å². The molecule has 3 aromatic heterocycles. The molecule has 5 aromatic rings. The van der Waals surface area contributed by atoms with Crippen LogP contribution in [0.5, 0.6) is 0 Å². The van der Waals surface area contributed by atoms with Crippen molar-refractivity contribution in [2.75, 3.05) is 31.2 Å². The second-order valence-electron chi connectivity index (χ2n) is 16.1. The van der Waals surface area contributed by atoms with E-state index in [4.69, 9.17) is 20.4 Å². The van der Waals surface area contributed by atoms with Crippen molar-refractivity contribution in [3.05, 3.63) is 93.7 Å². The van der Waals surface area contributed by atoms with Gasteiger partial charge in [0, 0.05) is 48.3 Å². The maximum atomic E-state index is 15.6. The van der Waals surface area contributed by atoms with Crippen LogP contribution in [0, 0.1) is 23.4 Å². The number of hydrogen-bond acceptors (Lipinski definition) is 9. The highest BCUT2D eigenvalue weighted by atomic mass is 32.1. The zero-order chi connectivity index (χ0) is 43.9. The Bertz CT molecular complexity index is 2510. The fourth-order valence-corrected chi connectivity index (χ4v) is 9.87. The van der Waals surface area contributed by atoms with Crippen LogP contribution in [-0.4, -0.2) is 80.9 Å². The van der Waals surface area contributed by atoms with Crippen molar-refractivity contribution >= 4 is 38.6 Å². The van der Waals surface area contributed by atoms with Gasteiger partial charge in [-0.1, -0.05) is 31.3 Å². The number of piperazine rings is 1. The molecule has 0 bridgehead atoms. The fourth-order valence-electron chi connectivity index (χ4n) is 8.91. The predicted molar refractivity (Wildman–Crippen MR) is 209 cm³/mol. The Balaban J connectivity index is 1.23. The van der Waals surface area contributed by atoms with Crippen LogP contribution in [0.15, 0.2) is 42.5 Å². The fraction of sp³-hybridized carbons (Fsp3) is 0.439. The topological polar surface area (TPSA) is 132 Å². The Morgan fingerprint density at radius 3 is 2.26 bits per heavy atom. The molecule has 2 saturated heterocycles. The van der Waals surface area contributed by atoms with Crippen molar-refractivity contribution in [3.8, 4) is 11.1 Å². The van der Waals surface area contributed by atoms with E-state index in [0.717, 1.165) is 25.1 Å². The lowest BCUT2D eigenvalue weighted by Gasteiger charge is -2.50. The van der Waals surface area contributed by atoms with Gasteiger partial charge in [-0.3, -0.25) is 19.2 Å². The Hall–Kier alpha value is -5.21. The van der Waals surface area contributed by atoms with Crippen LogP contribution in [0.3, 0.4) is 0 Å². The van der Waals surface area contributed by atoms with Crippen LogP contribution in [0.1, 0.15) is 78.2 Å². The molecule has 2 aromatic carbocycles. The standard InChI is InChI=1S/C41H40F8N8O3S/c1-18-13-55(14-19(2)57(18)26-16-60-17-26)39-53-38-31(61-39)12-27(23-5-6-29(44)28(10-23)37(50)59)34(52-38)30(9-22-7-24(42)11-25(43)8-22)51-32(58)15-56-36-33(35(54-56)41(47,48)49)20(3)21(4)40(36,45)46/h5-8,10-12,18-21,26,30H,9,13-17H2,1-4H3,(H2,50,59)(H,51,58)/t18?,19?,20-,21+,30-/m0/s1. The van der Waals surface area contributed by atoms with Gasteiger partial charge in [-0.05, 0) is 67.6 Å². The quantitative estimate of drug-likeness (QED) is 0.140. The number of fused-ring (bicyclic) bond motifs is 2. The molecule has 324 valence electrons. The van der Waals surface area contributed by atoms with Gasteiger partial charge in [0.1, 0.15) is 29.7 Å². The Kier molecular flexibility index (Phi) is 10.9. The molecular formula is C41H40F8N8O3S. The van der Waals surface area contributed by atoms with Crippen molar-refractivity contribution in [3.63, 3.8) is 0 Å². The summed E-state index contributed by atoms with van der Waals surface area (Å²) >= 11 is 1.30. The van der Waals surface area contributed by atoms with Crippen LogP contribution >= 0.6 is 11.3 Å². The molecule has 2 amide bonds. The first-order chi connectivity index (χ1) is 28.7. The number of benzene rings is 2. The molecule has 3 N–H and O–H groups in total. The number of hydrogen-bond donors (Lipinski definition) is 2. The third-order valence-corrected chi connectivity index (χ3v) is 13.0. The maximum absolute atomic E-state index is 15.6. The number of ether oxygens (including phenoxy) is 1. The van der Waals surface area contributed by atoms with Gasteiger partial charge in [-0.2, -0.15) is 32.0 Å². The van der Waals surface area contributed by atoms with Gasteiger partial charge < -0.3 is 20.7 Å². The van der Waals surface area contributed by atoms with Crippen LogP contribution in [0.2, 0.25) is 0 Å². The normalized spacial score (nSPS) is 22.3. The SMILES string of the molecule is CC1CN(c2nc3nc([C@H](Cc4cc(F)cc(F)c4)NC(=O)Cn4nc(C(F)(F)F)c5c4C(F)(F)[C@H](C)[C@@H]5C)c(-c4ccc(F)c(C(N)=O)c4)cc3s2)CC(C)N1C1COC1. The van der Waals surface area contributed by atoms with Gasteiger partial charge in [-0.15, -0.1) is 0 Å². The highest BCUT2D eigenvalue weighted by molar-refractivity contribution is 7.22. The van der Waals surface area contributed by atoms with Crippen molar-refractivity contribution < 1.29 is 49.4 Å². The minimum Gasteiger partial charge on any atom is -0.378 e. The monoisotopic (exact) mass is 876 g/mol. The van der Waals surface area contributed by atoms with Crippen molar-refractivity contribution in [1.82, 2.24) is 30.0 Å². The first-order valence-corrected chi connectivity index (χ1v) is 20.3. The van der Waals surface area contributed by atoms with Crippen molar-refractivity contribution in [1.29, 1.82) is 0 Å². The van der Waals surface area contributed by atoms with Crippen LogP contribution in [0.4, 0.5) is 40.3 Å². The summed E-state index contributed by atoms with van der Waals surface area (Å²) in [4.78, 5) is 40.5. The molecule has 2 fully saturated rings. The summed E-state index contributed by atoms with van der Waals surface area (Å²) in [5.74, 6) is -11.6. The Morgan fingerprint density at radius 1 is 0.984 bits per heavy atom. The van der Waals surface area contributed by atoms with Gasteiger partial charge in [0.05, 0.1) is 41.3 Å². The number of primary amides is 1. The van der Waals surface area contributed by atoms with Crippen molar-refractivity contribution in [2.45, 2.75) is 82.8 Å². The number of amides is 2. The number of carbonyl (C=O) groups excluding carboxylic acids is 2. The maximum Gasteiger partial charge on any atom is 0.435 e. The second-order valence-corrected chi connectivity index (χ2v) is 17.1. The predicted octanol–water partition coefficient (Wildman–Crippen LogP) is 7.33. The second kappa shape index (κ2) is 15.6. The summed E-state index contributed by atoms with van der Waals surface area (Å²) in [7, 11) is 0. The van der Waals surface area contributed by atoms with E-state index in [1.807, 2.05) is 0 Å². The average Bonchev–Trinajstić information content (AvgIpc) is 3.80. The van der Waals surface area contributed by atoms with E-state index in [-0.39, 0.29) is 46.5 Å². The van der Waals surface area contributed by atoms with Gasteiger partial charge in [-0.25, -0.2) is 18.2 Å². The molecule has 5 heterocycles. The summed E-state index contributed by atoms with van der Waals surface area (Å²) in [6.07, 6.45) is -5.50. The molecule has 3 aliphatic rings. The first-order valence-electron chi connectivity index (χ1n) is 19.5. The molecular weight excluding hydrogens is 837 g/mol. The number of nitrogens with zero attached hydrogens (tertiary/aromatic N) is 6. The first kappa shape index (κ1) is 42.5. The van der Waals surface area contributed by atoms with E-state index in [2.05, 4.69) is 34.1 Å². The highest BCUT2D eigenvalue weighted by Crippen LogP contribution is 2.55. The van der Waals surface area contributed by atoms with E-state index >= 15 is 8.78 Å². The Morgan fingerprint density at radius 2 is 1.66 bits per heavy atom. The summed E-state index contributed by atoms with van der Waals surface area (Å²) in [5.41, 5.74) is 2.34. The van der Waals surface area contributed by atoms with Gasteiger partial charge >= 0.3 is 6.18 Å². The number of anilines is 1. The number of rotatable bonds is 10. The summed E-state index contributed by atoms with van der Waals surface area (Å²) in [6.45, 7) is 8.00. The van der Waals surface area contributed by atoms with E-state index in [9.17, 15) is 35.9 Å². The number of halogens is 8. The highest BCUT2D eigenvalue weighted by Gasteiger charge is 2.57. The molecule has 1 aliphatic carbocycles. The lowest BCUT2D eigenvalue weighted by molar-refractivity contribution is -0.143. The molecule has 0 spiro atoms. The largest absolute Gasteiger partial charge is 0.435 e. The smallest absolute Gasteiger partial charge is 0.378 e. The van der Waals surface area contributed by atoms with E-state index in [1.165, 1.54) is 30.4 Å². The third kappa shape index (κ3) is 7.81. The number of alkyl halides is 5. The minimum atomic E-state index is -5.11. The van der Waals surface area contributed by atoms with Gasteiger partial charge in [0.25, 0.3) is 11.8 Å². The number of aromatic nitrogens is 4. The van der Waals surface area contributed by atoms with Crippen LogP contribution < -0.4 is 16.0 Å². The lowest BCUT2D eigenvalue weighted by Crippen LogP contribution is -2.64. The zero-order valence-electron chi connectivity index (χ0n) is 33.2. The summed E-state index contributed by atoms with van der Waals surface area (Å²) < 4.78 is 124. The van der Waals surface area contributed by atoms with Gasteiger partial charge in [0.15, 0.2) is 16.5 Å². The average molecular weight is 877 g/mol. The van der Waals surface area contributed by atoms with Crippen LogP contribution in [-0.2, 0) is 34.6 Å². The van der Waals surface area contributed by atoms with E-state index < -0.39 is 88.3 Å². The molecule has 61 heavy (non-hydrogen) atoms.